The Morgan fingerprint density at radius 3 is 0.646 bits per heavy atom. The largest absolute Gasteiger partial charge is 0.472 e. The van der Waals surface area contributed by atoms with Crippen molar-refractivity contribution in [2.75, 3.05) is 39.6 Å². The smallest absolute Gasteiger partial charge is 0.462 e. The zero-order chi connectivity index (χ0) is 71.0. The first kappa shape index (κ1) is 94.1. The fourth-order valence-electron chi connectivity index (χ4n) is 11.7. The van der Waals surface area contributed by atoms with Crippen LogP contribution in [0.4, 0.5) is 0 Å². The number of aliphatic hydroxyl groups excluding tert-OH is 1. The molecule has 570 valence electrons. The summed E-state index contributed by atoms with van der Waals surface area (Å²) < 4.78 is 68.4. The number of rotatable bonds is 74. The van der Waals surface area contributed by atoms with Crippen LogP contribution in [0.25, 0.3) is 0 Å². The van der Waals surface area contributed by atoms with Gasteiger partial charge in [0.05, 0.1) is 26.4 Å². The quantitative estimate of drug-likeness (QED) is 0.0222. The highest BCUT2D eigenvalue weighted by Crippen LogP contribution is 2.45. The second-order valence-corrected chi connectivity index (χ2v) is 32.6. The van der Waals surface area contributed by atoms with Crippen molar-refractivity contribution in [2.24, 2.45) is 23.7 Å². The highest BCUT2D eigenvalue weighted by Gasteiger charge is 2.30. The lowest BCUT2D eigenvalue weighted by atomic mass is 10.0. The lowest BCUT2D eigenvalue weighted by Gasteiger charge is -2.21. The molecule has 0 aromatic rings. The summed E-state index contributed by atoms with van der Waals surface area (Å²) in [5.74, 6) is 0.842. The minimum Gasteiger partial charge on any atom is -0.462 e. The fraction of sp³-hybridized carbons (Fsp3) is 0.948. The van der Waals surface area contributed by atoms with Gasteiger partial charge in [0.25, 0.3) is 0 Å². The van der Waals surface area contributed by atoms with E-state index in [4.69, 9.17) is 37.0 Å². The second kappa shape index (κ2) is 66.3. The standard InChI is InChI=1S/C77H150O17P2/c1-67(2)53-45-37-29-25-21-17-13-11-9-10-12-14-20-24-28-32-43-51-59-76(81)93-72(63-87-74(79)57-49-41-31-27-23-19-16-15-18-22-26-30-38-46-54-68(3)4)65-91-95(83,84)89-61-71(78)62-90-96(85,86)92-66-73(94-77(82)60-52-44-36-34-40-48-56-70(7)8)64-88-75(80)58-50-42-35-33-39-47-55-69(5)6/h67-73,78H,9-66H2,1-8H3,(H,83,84)(H,85,86)/t71-,72-,73-/m1/s1. The molecule has 0 aliphatic heterocycles. The molecule has 0 spiro atoms. The lowest BCUT2D eigenvalue weighted by molar-refractivity contribution is -0.161. The first-order valence-corrected chi connectivity index (χ1v) is 42.7. The molecule has 0 saturated carbocycles. The zero-order valence-electron chi connectivity index (χ0n) is 63.0. The van der Waals surface area contributed by atoms with Gasteiger partial charge in [0.2, 0.25) is 0 Å². The molecule has 3 N–H and O–H groups in total. The summed E-state index contributed by atoms with van der Waals surface area (Å²) in [6, 6.07) is 0. The molecule has 17 nitrogen and oxygen atoms in total. The van der Waals surface area contributed by atoms with Gasteiger partial charge in [-0.3, -0.25) is 37.3 Å². The molecule has 0 aliphatic rings. The van der Waals surface area contributed by atoms with Gasteiger partial charge in [-0.25, -0.2) is 9.13 Å². The number of esters is 4. The number of unbranched alkanes of at least 4 members (excludes halogenated alkanes) is 40. The number of phosphoric ester groups is 2. The van der Waals surface area contributed by atoms with Crippen molar-refractivity contribution in [3.8, 4) is 0 Å². The van der Waals surface area contributed by atoms with Crippen molar-refractivity contribution in [3.05, 3.63) is 0 Å². The predicted molar refractivity (Wildman–Crippen MR) is 391 cm³/mol. The Morgan fingerprint density at radius 2 is 0.438 bits per heavy atom. The average molecular weight is 1410 g/mol. The van der Waals surface area contributed by atoms with Crippen molar-refractivity contribution in [3.63, 3.8) is 0 Å². The Kier molecular flexibility index (Phi) is 65.0. The van der Waals surface area contributed by atoms with Gasteiger partial charge in [-0.2, -0.15) is 0 Å². The van der Waals surface area contributed by atoms with Gasteiger partial charge >= 0.3 is 39.5 Å². The van der Waals surface area contributed by atoms with Gasteiger partial charge in [-0.15, -0.1) is 0 Å². The molecule has 0 fully saturated rings. The van der Waals surface area contributed by atoms with Crippen molar-refractivity contribution < 1.29 is 80.2 Å². The number of carbonyl (C=O) groups excluding carboxylic acids is 4. The Labute approximate surface area is 588 Å². The molecular weight excluding hydrogens is 1260 g/mol. The summed E-state index contributed by atoms with van der Waals surface area (Å²) >= 11 is 0. The van der Waals surface area contributed by atoms with Crippen LogP contribution in [0.2, 0.25) is 0 Å². The van der Waals surface area contributed by atoms with Crippen LogP contribution in [0.3, 0.4) is 0 Å². The molecule has 5 atom stereocenters. The van der Waals surface area contributed by atoms with E-state index in [9.17, 15) is 43.2 Å². The third-order valence-electron chi connectivity index (χ3n) is 17.8. The summed E-state index contributed by atoms with van der Waals surface area (Å²) in [5.41, 5.74) is 0. The highest BCUT2D eigenvalue weighted by atomic mass is 31.2. The molecule has 0 amide bonds. The van der Waals surface area contributed by atoms with E-state index in [-0.39, 0.29) is 25.7 Å². The molecule has 0 rings (SSSR count). The number of ether oxygens (including phenoxy) is 4. The van der Waals surface area contributed by atoms with Crippen LogP contribution in [-0.2, 0) is 65.4 Å². The molecule has 0 aromatic carbocycles. The fourth-order valence-corrected chi connectivity index (χ4v) is 13.3. The van der Waals surface area contributed by atoms with Gasteiger partial charge in [-0.1, -0.05) is 338 Å². The molecule has 0 bridgehead atoms. The van der Waals surface area contributed by atoms with Crippen LogP contribution in [0.5, 0.6) is 0 Å². The van der Waals surface area contributed by atoms with E-state index < -0.39 is 97.5 Å². The van der Waals surface area contributed by atoms with E-state index in [2.05, 4.69) is 55.4 Å². The average Bonchev–Trinajstić information content (AvgIpc) is 1.05. The van der Waals surface area contributed by atoms with Crippen LogP contribution in [0.1, 0.15) is 389 Å². The van der Waals surface area contributed by atoms with E-state index in [1.54, 1.807) is 0 Å². The Balaban J connectivity index is 5.18. The number of hydrogen-bond acceptors (Lipinski definition) is 15. The Bertz CT molecular complexity index is 1880. The van der Waals surface area contributed by atoms with E-state index >= 15 is 0 Å². The van der Waals surface area contributed by atoms with Crippen LogP contribution >= 0.6 is 15.6 Å². The molecule has 0 aliphatic carbocycles. The highest BCUT2D eigenvalue weighted by molar-refractivity contribution is 7.47. The number of aliphatic hydroxyl groups is 1. The first-order valence-electron chi connectivity index (χ1n) is 39.7. The van der Waals surface area contributed by atoms with E-state index in [0.29, 0.717) is 37.5 Å². The molecule has 2 unspecified atom stereocenters. The zero-order valence-corrected chi connectivity index (χ0v) is 64.8. The minimum absolute atomic E-state index is 0.101. The van der Waals surface area contributed by atoms with Gasteiger partial charge in [0, 0.05) is 25.7 Å². The Morgan fingerprint density at radius 1 is 0.260 bits per heavy atom. The summed E-state index contributed by atoms with van der Waals surface area (Å²) in [7, 11) is -9.91. The maximum Gasteiger partial charge on any atom is 0.472 e. The van der Waals surface area contributed by atoms with Crippen molar-refractivity contribution in [1.82, 2.24) is 0 Å². The van der Waals surface area contributed by atoms with Gasteiger partial charge in [0.1, 0.15) is 19.3 Å². The normalized spacial score (nSPS) is 14.1. The van der Waals surface area contributed by atoms with Crippen LogP contribution in [0, 0.1) is 23.7 Å². The maximum absolute atomic E-state index is 13.1. The summed E-state index contributed by atoms with van der Waals surface area (Å²) in [4.78, 5) is 72.7. The van der Waals surface area contributed by atoms with E-state index in [0.717, 1.165) is 108 Å². The SMILES string of the molecule is CC(C)CCCCCCCCCCCCCCCCCCCCC(=O)O[C@H](COC(=O)CCCCCCCCCCCCCCCCC(C)C)COP(=O)(O)OC[C@@H](O)COP(=O)(O)OC[C@@H](COC(=O)CCCCCCCCC(C)C)OC(=O)CCCCCCCCC(C)C. The van der Waals surface area contributed by atoms with Crippen molar-refractivity contribution >= 4 is 39.5 Å². The predicted octanol–water partition coefficient (Wildman–Crippen LogP) is 22.4. The third-order valence-corrected chi connectivity index (χ3v) is 19.7. The maximum atomic E-state index is 13.1. The molecule has 19 heteroatoms. The van der Waals surface area contributed by atoms with Gasteiger partial charge < -0.3 is 33.8 Å². The van der Waals surface area contributed by atoms with Crippen molar-refractivity contribution in [2.45, 2.75) is 408 Å². The number of hydrogen-bond donors (Lipinski definition) is 3. The van der Waals surface area contributed by atoms with Crippen LogP contribution in [0.15, 0.2) is 0 Å². The van der Waals surface area contributed by atoms with Crippen LogP contribution in [-0.4, -0.2) is 96.7 Å². The first-order chi connectivity index (χ1) is 46.1. The molecule has 0 heterocycles. The van der Waals surface area contributed by atoms with E-state index in [1.165, 1.54) is 186 Å². The summed E-state index contributed by atoms with van der Waals surface area (Å²) in [5, 5.41) is 10.6. The number of phosphoric acid groups is 2. The molecule has 0 saturated heterocycles. The summed E-state index contributed by atoms with van der Waals surface area (Å²) in [6.07, 6.45) is 51.9. The molecule has 0 radical (unpaired) electrons. The van der Waals surface area contributed by atoms with Crippen LogP contribution < -0.4 is 0 Å². The molecular formula is C77H150O17P2. The third kappa shape index (κ3) is 70.5. The topological polar surface area (TPSA) is 237 Å². The van der Waals surface area contributed by atoms with Gasteiger partial charge in [0.15, 0.2) is 12.2 Å². The van der Waals surface area contributed by atoms with Gasteiger partial charge in [-0.05, 0) is 49.4 Å². The van der Waals surface area contributed by atoms with E-state index in [1.807, 2.05) is 0 Å². The van der Waals surface area contributed by atoms with Crippen molar-refractivity contribution in [1.29, 1.82) is 0 Å². The molecule has 0 aromatic heterocycles. The monoisotopic (exact) mass is 1410 g/mol. The lowest BCUT2D eigenvalue weighted by Crippen LogP contribution is -2.30. The minimum atomic E-state index is -4.96. The second-order valence-electron chi connectivity index (χ2n) is 29.7. The summed E-state index contributed by atoms with van der Waals surface area (Å²) in [6.45, 7) is 14.1. The Hall–Kier alpha value is -1.94. The number of carbonyl (C=O) groups is 4. The molecule has 96 heavy (non-hydrogen) atoms.